The van der Waals surface area contributed by atoms with Gasteiger partial charge in [-0.3, -0.25) is 0 Å². The number of benzene rings is 1. The fourth-order valence-electron chi connectivity index (χ4n) is 2.15. The molecular weight excluding hydrogens is 325 g/mol. The van der Waals surface area contributed by atoms with Gasteiger partial charge in [0, 0.05) is 39.0 Å². The molecule has 2 rings (SSSR count). The fourth-order valence-corrected chi connectivity index (χ4v) is 3.43. The minimum atomic E-state index is -0.671. The molecule has 2 nitrogen and oxygen atoms in total. The van der Waals surface area contributed by atoms with Crippen molar-refractivity contribution in [2.45, 2.75) is 25.4 Å². The van der Waals surface area contributed by atoms with Crippen LogP contribution in [-0.4, -0.2) is 18.2 Å². The Kier molecular flexibility index (Phi) is 5.69. The Hall–Kier alpha value is -0.580. The first-order valence-corrected chi connectivity index (χ1v) is 8.41. The van der Waals surface area contributed by atoms with Gasteiger partial charge in [-0.15, -0.1) is 11.3 Å². The maximum Gasteiger partial charge on any atom is 0.0929 e. The van der Waals surface area contributed by atoms with Crippen molar-refractivity contribution in [1.82, 2.24) is 5.32 Å². The minimum absolute atomic E-state index is 0.0337. The van der Waals surface area contributed by atoms with Crippen LogP contribution < -0.4 is 5.32 Å². The van der Waals surface area contributed by atoms with E-state index < -0.39 is 6.10 Å². The van der Waals surface area contributed by atoms with Crippen LogP contribution in [0.1, 0.15) is 30.4 Å². The Morgan fingerprint density at radius 3 is 2.71 bits per heavy atom. The van der Waals surface area contributed by atoms with Crippen LogP contribution in [0.25, 0.3) is 0 Å². The van der Waals surface area contributed by atoms with Crippen molar-refractivity contribution in [3.05, 3.63) is 56.2 Å². The van der Waals surface area contributed by atoms with Crippen molar-refractivity contribution < 1.29 is 5.11 Å². The highest BCUT2D eigenvalue weighted by molar-refractivity contribution is 7.10. The van der Waals surface area contributed by atoms with Gasteiger partial charge in [0.2, 0.25) is 0 Å². The molecule has 5 heteroatoms. The van der Waals surface area contributed by atoms with E-state index in [0.717, 1.165) is 6.54 Å². The molecule has 0 aliphatic heterocycles. The summed E-state index contributed by atoms with van der Waals surface area (Å²) in [7, 11) is 0. The molecule has 2 aromatic rings. The summed E-state index contributed by atoms with van der Waals surface area (Å²) in [5.41, 5.74) is 0.692. The van der Waals surface area contributed by atoms with Crippen LogP contribution in [0.5, 0.6) is 0 Å². The van der Waals surface area contributed by atoms with Crippen molar-refractivity contribution in [2.75, 3.05) is 13.1 Å². The fraction of sp³-hybridized carbons (Fsp3) is 0.375. The lowest BCUT2D eigenvalue weighted by Crippen LogP contribution is -2.34. The lowest BCUT2D eigenvalue weighted by molar-refractivity contribution is 0.172. The normalized spacial score (nSPS) is 13.4. The van der Waals surface area contributed by atoms with Crippen molar-refractivity contribution in [3.8, 4) is 0 Å². The monoisotopic (exact) mass is 343 g/mol. The van der Waals surface area contributed by atoms with E-state index in [2.05, 4.69) is 36.7 Å². The van der Waals surface area contributed by atoms with E-state index in [9.17, 15) is 5.11 Å². The van der Waals surface area contributed by atoms with Gasteiger partial charge in [0.15, 0.2) is 0 Å². The first-order valence-electron chi connectivity index (χ1n) is 6.78. The summed E-state index contributed by atoms with van der Waals surface area (Å²) in [6.07, 6.45) is -0.671. The third kappa shape index (κ3) is 4.44. The van der Waals surface area contributed by atoms with Crippen molar-refractivity contribution in [1.29, 1.82) is 0 Å². The highest BCUT2D eigenvalue weighted by Crippen LogP contribution is 2.28. The molecule has 0 fully saturated rings. The SMILES string of the molecule is CC(C)(CNCC(O)c1cc(Cl)ccc1Cl)c1cccs1. The van der Waals surface area contributed by atoms with Gasteiger partial charge >= 0.3 is 0 Å². The van der Waals surface area contributed by atoms with E-state index >= 15 is 0 Å². The molecule has 0 bridgehead atoms. The Morgan fingerprint density at radius 1 is 1.29 bits per heavy atom. The average Bonchev–Trinajstić information content (AvgIpc) is 2.96. The van der Waals surface area contributed by atoms with Crippen LogP contribution in [-0.2, 0) is 5.41 Å². The summed E-state index contributed by atoms with van der Waals surface area (Å²) < 4.78 is 0. The summed E-state index contributed by atoms with van der Waals surface area (Å²) in [6, 6.07) is 9.32. The molecule has 1 atom stereocenters. The van der Waals surface area contributed by atoms with Crippen molar-refractivity contribution in [2.24, 2.45) is 0 Å². The molecule has 0 radical (unpaired) electrons. The molecule has 0 saturated heterocycles. The Bertz CT molecular complexity index is 584. The highest BCUT2D eigenvalue weighted by atomic mass is 35.5. The molecule has 1 unspecified atom stereocenters. The predicted octanol–water partition coefficient (Wildman–Crippen LogP) is 4.66. The van der Waals surface area contributed by atoms with Crippen LogP contribution in [0.3, 0.4) is 0 Å². The lowest BCUT2D eigenvalue weighted by Gasteiger charge is -2.25. The maximum absolute atomic E-state index is 10.3. The number of nitrogens with one attached hydrogen (secondary N) is 1. The number of hydrogen-bond donors (Lipinski definition) is 2. The second kappa shape index (κ2) is 7.12. The molecule has 1 heterocycles. The molecule has 0 amide bonds. The Morgan fingerprint density at radius 2 is 2.05 bits per heavy atom. The zero-order valence-corrected chi connectivity index (χ0v) is 14.4. The predicted molar refractivity (Wildman–Crippen MR) is 91.6 cm³/mol. The van der Waals surface area contributed by atoms with E-state index in [-0.39, 0.29) is 5.41 Å². The summed E-state index contributed by atoms with van der Waals surface area (Å²) >= 11 is 13.8. The van der Waals surface area contributed by atoms with Crippen LogP contribution in [0, 0.1) is 0 Å². The first-order chi connectivity index (χ1) is 9.90. The number of aliphatic hydroxyl groups is 1. The molecular formula is C16H19Cl2NOS. The van der Waals surface area contributed by atoms with Gasteiger partial charge in [-0.2, -0.15) is 0 Å². The molecule has 2 N–H and O–H groups in total. The molecule has 1 aromatic heterocycles. The summed E-state index contributed by atoms with van der Waals surface area (Å²) in [5, 5.41) is 16.8. The highest BCUT2D eigenvalue weighted by Gasteiger charge is 2.22. The van der Waals surface area contributed by atoms with Crippen LogP contribution >= 0.6 is 34.5 Å². The number of hydrogen-bond acceptors (Lipinski definition) is 3. The van der Waals surface area contributed by atoms with E-state index in [4.69, 9.17) is 23.2 Å². The number of thiophene rings is 1. The zero-order valence-electron chi connectivity index (χ0n) is 12.1. The smallest absolute Gasteiger partial charge is 0.0929 e. The zero-order chi connectivity index (χ0) is 15.5. The number of halogens is 2. The van der Waals surface area contributed by atoms with Crippen LogP contribution in [0.4, 0.5) is 0 Å². The molecule has 0 saturated carbocycles. The van der Waals surface area contributed by atoms with E-state index in [1.807, 2.05) is 0 Å². The largest absolute Gasteiger partial charge is 0.387 e. The summed E-state index contributed by atoms with van der Waals surface area (Å²) in [4.78, 5) is 1.32. The first kappa shape index (κ1) is 16.8. The molecule has 1 aromatic carbocycles. The summed E-state index contributed by atoms with van der Waals surface area (Å²) in [5.74, 6) is 0. The quantitative estimate of drug-likeness (QED) is 0.799. The Labute approximate surface area is 139 Å². The molecule has 21 heavy (non-hydrogen) atoms. The maximum atomic E-state index is 10.3. The average molecular weight is 344 g/mol. The second-order valence-electron chi connectivity index (χ2n) is 5.67. The second-order valence-corrected chi connectivity index (χ2v) is 7.47. The third-order valence-electron chi connectivity index (χ3n) is 3.41. The van der Waals surface area contributed by atoms with E-state index in [1.54, 1.807) is 29.5 Å². The van der Waals surface area contributed by atoms with Gasteiger partial charge < -0.3 is 10.4 Å². The minimum Gasteiger partial charge on any atom is -0.387 e. The summed E-state index contributed by atoms with van der Waals surface area (Å²) in [6.45, 7) is 5.59. The molecule has 0 aliphatic carbocycles. The van der Waals surface area contributed by atoms with Crippen molar-refractivity contribution in [3.63, 3.8) is 0 Å². The van der Waals surface area contributed by atoms with Crippen molar-refractivity contribution >= 4 is 34.5 Å². The van der Waals surface area contributed by atoms with Gasteiger partial charge in [-0.25, -0.2) is 0 Å². The lowest BCUT2D eigenvalue weighted by atomic mass is 9.91. The van der Waals surface area contributed by atoms with Gasteiger partial charge in [-0.05, 0) is 29.6 Å². The molecule has 114 valence electrons. The van der Waals surface area contributed by atoms with Crippen LogP contribution in [0.15, 0.2) is 35.7 Å². The molecule has 0 spiro atoms. The Balaban J connectivity index is 1.92. The van der Waals surface area contributed by atoms with Gasteiger partial charge in [0.25, 0.3) is 0 Å². The standard InChI is InChI=1S/C16H19Cl2NOS/c1-16(2,15-4-3-7-21-15)10-19-9-14(20)12-8-11(17)5-6-13(12)18/h3-8,14,19-20H,9-10H2,1-2H3. The number of rotatable bonds is 6. The third-order valence-corrected chi connectivity index (χ3v) is 5.23. The molecule has 0 aliphatic rings. The van der Waals surface area contributed by atoms with Crippen LogP contribution in [0.2, 0.25) is 10.0 Å². The van der Waals surface area contributed by atoms with Gasteiger partial charge in [-0.1, -0.05) is 43.1 Å². The van der Waals surface area contributed by atoms with Gasteiger partial charge in [0.05, 0.1) is 6.10 Å². The number of aliphatic hydroxyl groups excluding tert-OH is 1. The van der Waals surface area contributed by atoms with E-state index in [1.165, 1.54) is 4.88 Å². The van der Waals surface area contributed by atoms with Gasteiger partial charge in [0.1, 0.15) is 0 Å². The van der Waals surface area contributed by atoms with E-state index in [0.29, 0.717) is 22.2 Å². The topological polar surface area (TPSA) is 32.3 Å².